The number of nitrogens with zero attached hydrogens (tertiary/aromatic N) is 3. The van der Waals surface area contributed by atoms with Crippen molar-refractivity contribution >= 4 is 5.91 Å². The van der Waals surface area contributed by atoms with E-state index in [0.29, 0.717) is 17.9 Å². The summed E-state index contributed by atoms with van der Waals surface area (Å²) in [4.78, 5) is 17.0. The molecule has 1 aromatic rings. The number of rotatable bonds is 3. The van der Waals surface area contributed by atoms with Gasteiger partial charge in [-0.1, -0.05) is 11.6 Å². The lowest BCUT2D eigenvalue weighted by Gasteiger charge is -2.31. The Morgan fingerprint density at radius 3 is 2.82 bits per heavy atom. The summed E-state index contributed by atoms with van der Waals surface area (Å²) >= 11 is 0. The Morgan fingerprint density at radius 1 is 1.27 bits per heavy atom. The first-order valence-electron chi connectivity index (χ1n) is 8.28. The quantitative estimate of drug-likeness (QED) is 0.850. The van der Waals surface area contributed by atoms with Crippen LogP contribution in [0, 0.1) is 6.92 Å². The predicted octanol–water partition coefficient (Wildman–Crippen LogP) is 1.70. The number of carbonyl (C=O) groups excluding carboxylic acids is 1. The first-order chi connectivity index (χ1) is 10.7. The van der Waals surface area contributed by atoms with Gasteiger partial charge in [-0.25, -0.2) is 0 Å². The highest BCUT2D eigenvalue weighted by Gasteiger charge is 2.27. The van der Waals surface area contributed by atoms with Gasteiger partial charge in [0.2, 0.25) is 0 Å². The Morgan fingerprint density at radius 2 is 2.09 bits per heavy atom. The highest BCUT2D eigenvalue weighted by molar-refractivity contribution is 5.94. The number of aromatic nitrogens is 1. The molecule has 0 spiro atoms. The summed E-state index contributed by atoms with van der Waals surface area (Å²) in [6, 6.07) is 0. The Labute approximate surface area is 131 Å². The number of amides is 1. The summed E-state index contributed by atoms with van der Waals surface area (Å²) in [6.07, 6.45) is 6.38. The molecule has 1 atom stereocenters. The second kappa shape index (κ2) is 7.24. The fourth-order valence-corrected chi connectivity index (χ4v) is 3.29. The maximum Gasteiger partial charge on any atom is 0.259 e. The molecular weight excluding hydrogens is 282 g/mol. The van der Waals surface area contributed by atoms with Crippen molar-refractivity contribution in [1.29, 1.82) is 0 Å². The fraction of sp³-hybridized carbons (Fsp3) is 0.750. The summed E-state index contributed by atoms with van der Waals surface area (Å²) in [5.41, 5.74) is 0.568. The van der Waals surface area contributed by atoms with Crippen LogP contribution in [-0.2, 0) is 4.74 Å². The lowest BCUT2D eigenvalue weighted by Crippen LogP contribution is -2.43. The van der Waals surface area contributed by atoms with Crippen molar-refractivity contribution in [3.8, 4) is 0 Å². The molecule has 3 rings (SSSR count). The van der Waals surface area contributed by atoms with Crippen molar-refractivity contribution in [3.63, 3.8) is 0 Å². The molecule has 1 aromatic heterocycles. The minimum Gasteiger partial charge on any atom is -0.375 e. The van der Waals surface area contributed by atoms with Crippen molar-refractivity contribution in [2.75, 3.05) is 39.3 Å². The Balaban J connectivity index is 1.62. The van der Waals surface area contributed by atoms with E-state index in [1.54, 1.807) is 6.92 Å². The monoisotopic (exact) mass is 307 g/mol. The minimum atomic E-state index is 0.00731. The van der Waals surface area contributed by atoms with E-state index in [9.17, 15) is 4.79 Å². The number of carbonyl (C=O) groups is 1. The molecule has 6 nitrogen and oxygen atoms in total. The summed E-state index contributed by atoms with van der Waals surface area (Å²) in [5, 5.41) is 3.71. The van der Waals surface area contributed by atoms with Crippen LogP contribution < -0.4 is 0 Å². The molecule has 0 aliphatic carbocycles. The van der Waals surface area contributed by atoms with E-state index in [1.807, 2.05) is 4.90 Å². The number of likely N-dealkylation sites (tertiary alicyclic amines) is 1. The normalized spacial score (nSPS) is 24.2. The van der Waals surface area contributed by atoms with Crippen LogP contribution in [0.15, 0.2) is 10.7 Å². The van der Waals surface area contributed by atoms with Crippen LogP contribution in [0.25, 0.3) is 0 Å². The second-order valence-corrected chi connectivity index (χ2v) is 6.25. The average molecular weight is 307 g/mol. The van der Waals surface area contributed by atoms with Crippen LogP contribution in [0.3, 0.4) is 0 Å². The average Bonchev–Trinajstić information content (AvgIpc) is 2.82. The number of hydrogen-bond donors (Lipinski definition) is 0. The maximum atomic E-state index is 12.6. The molecule has 0 saturated carbocycles. The van der Waals surface area contributed by atoms with E-state index >= 15 is 0 Å². The van der Waals surface area contributed by atoms with Gasteiger partial charge in [0.1, 0.15) is 11.3 Å². The van der Waals surface area contributed by atoms with Gasteiger partial charge >= 0.3 is 0 Å². The zero-order valence-corrected chi connectivity index (χ0v) is 13.3. The molecule has 0 aromatic carbocycles. The topological polar surface area (TPSA) is 58.8 Å². The van der Waals surface area contributed by atoms with E-state index < -0.39 is 0 Å². The van der Waals surface area contributed by atoms with E-state index in [-0.39, 0.29) is 12.0 Å². The molecule has 2 aliphatic heterocycles. The van der Waals surface area contributed by atoms with Gasteiger partial charge in [0.05, 0.1) is 12.3 Å². The number of ether oxygens (including phenoxy) is 1. The van der Waals surface area contributed by atoms with Crippen LogP contribution >= 0.6 is 0 Å². The van der Waals surface area contributed by atoms with Gasteiger partial charge in [0, 0.05) is 26.2 Å². The molecule has 3 heterocycles. The summed E-state index contributed by atoms with van der Waals surface area (Å²) in [7, 11) is 0. The molecule has 122 valence electrons. The number of piperidine rings is 1. The molecule has 0 radical (unpaired) electrons. The van der Waals surface area contributed by atoms with Gasteiger partial charge in [-0.15, -0.1) is 0 Å². The van der Waals surface area contributed by atoms with E-state index in [4.69, 9.17) is 9.26 Å². The van der Waals surface area contributed by atoms with Gasteiger partial charge in [0.15, 0.2) is 0 Å². The van der Waals surface area contributed by atoms with Gasteiger partial charge in [-0.2, -0.15) is 0 Å². The molecule has 2 saturated heterocycles. The van der Waals surface area contributed by atoms with Crippen LogP contribution in [0.5, 0.6) is 0 Å². The Bertz CT molecular complexity index is 497. The van der Waals surface area contributed by atoms with Gasteiger partial charge in [-0.05, 0) is 39.3 Å². The molecular formula is C16H25N3O3. The van der Waals surface area contributed by atoms with Crippen molar-refractivity contribution in [2.24, 2.45) is 0 Å². The van der Waals surface area contributed by atoms with Crippen LogP contribution in [0.2, 0.25) is 0 Å². The van der Waals surface area contributed by atoms with Crippen molar-refractivity contribution in [1.82, 2.24) is 15.0 Å². The van der Waals surface area contributed by atoms with Crippen molar-refractivity contribution in [3.05, 3.63) is 17.5 Å². The predicted molar refractivity (Wildman–Crippen MR) is 81.8 cm³/mol. The van der Waals surface area contributed by atoms with Gasteiger partial charge < -0.3 is 19.1 Å². The van der Waals surface area contributed by atoms with E-state index in [1.165, 1.54) is 25.5 Å². The molecule has 22 heavy (non-hydrogen) atoms. The van der Waals surface area contributed by atoms with Gasteiger partial charge in [-0.3, -0.25) is 4.79 Å². The fourth-order valence-electron chi connectivity index (χ4n) is 3.29. The maximum absolute atomic E-state index is 12.6. The highest BCUT2D eigenvalue weighted by Crippen LogP contribution is 2.16. The standard InChI is InChI=1S/C16H25N3O3/c1-13-15(10-17-22-13)16(20)19-8-5-9-21-14(12-19)11-18-6-3-2-4-7-18/h10,14H,2-9,11-12H2,1H3/t14-/m0/s1. The smallest absolute Gasteiger partial charge is 0.259 e. The highest BCUT2D eigenvalue weighted by atomic mass is 16.5. The number of aryl methyl sites for hydroxylation is 1. The first-order valence-corrected chi connectivity index (χ1v) is 8.28. The van der Waals surface area contributed by atoms with Crippen LogP contribution in [0.1, 0.15) is 41.8 Å². The first kappa shape index (κ1) is 15.5. The lowest BCUT2D eigenvalue weighted by atomic mass is 10.1. The van der Waals surface area contributed by atoms with E-state index in [2.05, 4.69) is 10.1 Å². The molecule has 0 bridgehead atoms. The lowest BCUT2D eigenvalue weighted by molar-refractivity contribution is 0.0216. The summed E-state index contributed by atoms with van der Waals surface area (Å²) < 4.78 is 11.0. The summed E-state index contributed by atoms with van der Waals surface area (Å²) in [5.74, 6) is 0.593. The SMILES string of the molecule is Cc1oncc1C(=O)N1CCCO[C@@H](CN2CCCCC2)C1. The van der Waals surface area contributed by atoms with Crippen LogP contribution in [-0.4, -0.2) is 66.3 Å². The molecule has 2 aliphatic rings. The van der Waals surface area contributed by atoms with Gasteiger partial charge in [0.25, 0.3) is 5.91 Å². The molecule has 0 N–H and O–H groups in total. The third-order valence-electron chi connectivity index (χ3n) is 4.53. The molecule has 0 unspecified atom stereocenters. The second-order valence-electron chi connectivity index (χ2n) is 6.25. The summed E-state index contributed by atoms with van der Waals surface area (Å²) in [6.45, 7) is 7.12. The minimum absolute atomic E-state index is 0.00731. The third kappa shape index (κ3) is 3.67. The van der Waals surface area contributed by atoms with Crippen molar-refractivity contribution < 1.29 is 14.1 Å². The molecule has 1 amide bonds. The van der Waals surface area contributed by atoms with Crippen molar-refractivity contribution in [2.45, 2.75) is 38.7 Å². The molecule has 2 fully saturated rings. The zero-order valence-electron chi connectivity index (χ0n) is 13.3. The Kier molecular flexibility index (Phi) is 5.10. The van der Waals surface area contributed by atoms with E-state index in [0.717, 1.165) is 39.2 Å². The Hall–Kier alpha value is -1.40. The van der Waals surface area contributed by atoms with Crippen LogP contribution in [0.4, 0.5) is 0 Å². The largest absolute Gasteiger partial charge is 0.375 e. The third-order valence-corrected chi connectivity index (χ3v) is 4.53. The zero-order chi connectivity index (χ0) is 15.4. The number of hydrogen-bond acceptors (Lipinski definition) is 5. The molecule has 6 heteroatoms.